The first-order chi connectivity index (χ1) is 10.7. The largest absolute Gasteiger partial charge is 0.508 e. The molecule has 0 saturated carbocycles. The second-order valence-corrected chi connectivity index (χ2v) is 4.65. The average Bonchev–Trinajstić information content (AvgIpc) is 2.56. The van der Waals surface area contributed by atoms with Crippen molar-refractivity contribution in [3.63, 3.8) is 0 Å². The molecule has 22 heavy (non-hydrogen) atoms. The normalized spacial score (nSPS) is 10.2. The fourth-order valence-corrected chi connectivity index (χ4v) is 2.01. The first-order valence-corrected chi connectivity index (χ1v) is 6.70. The maximum absolute atomic E-state index is 12.3. The lowest BCUT2D eigenvalue weighted by molar-refractivity contribution is 0.102. The van der Waals surface area contributed by atoms with Gasteiger partial charge in [0, 0.05) is 29.7 Å². The Bertz CT molecular complexity index is 804. The van der Waals surface area contributed by atoms with Crippen molar-refractivity contribution < 1.29 is 9.90 Å². The van der Waals surface area contributed by atoms with Crippen molar-refractivity contribution in [1.82, 2.24) is 9.97 Å². The van der Waals surface area contributed by atoms with E-state index in [-0.39, 0.29) is 11.7 Å². The van der Waals surface area contributed by atoms with Crippen LogP contribution in [0.1, 0.15) is 10.4 Å². The maximum atomic E-state index is 12.3. The highest BCUT2D eigenvalue weighted by atomic mass is 16.3. The number of pyridine rings is 2. The zero-order valence-corrected chi connectivity index (χ0v) is 11.6. The van der Waals surface area contributed by atoms with E-state index < -0.39 is 0 Å². The molecule has 0 fully saturated rings. The lowest BCUT2D eigenvalue weighted by Crippen LogP contribution is -2.12. The molecule has 108 valence electrons. The highest BCUT2D eigenvalue weighted by Crippen LogP contribution is 2.18. The number of hydrogen-bond donors (Lipinski definition) is 2. The van der Waals surface area contributed by atoms with Crippen LogP contribution < -0.4 is 5.32 Å². The van der Waals surface area contributed by atoms with Crippen LogP contribution in [0, 0.1) is 0 Å². The molecule has 0 aliphatic heterocycles. The van der Waals surface area contributed by atoms with Gasteiger partial charge in [0.05, 0.1) is 11.4 Å². The number of nitrogens with one attached hydrogen (secondary N) is 1. The van der Waals surface area contributed by atoms with Gasteiger partial charge in [-0.3, -0.25) is 14.8 Å². The van der Waals surface area contributed by atoms with Gasteiger partial charge in [-0.1, -0.05) is 12.1 Å². The molecule has 0 bridgehead atoms. The molecule has 2 N–H and O–H groups in total. The lowest BCUT2D eigenvalue weighted by Gasteiger charge is -2.07. The number of benzene rings is 1. The van der Waals surface area contributed by atoms with Gasteiger partial charge in [0.15, 0.2) is 0 Å². The molecule has 3 aromatic rings. The van der Waals surface area contributed by atoms with Crippen LogP contribution in [0.4, 0.5) is 5.69 Å². The summed E-state index contributed by atoms with van der Waals surface area (Å²) in [5, 5.41) is 12.2. The van der Waals surface area contributed by atoms with Crippen LogP contribution in [0.3, 0.4) is 0 Å². The molecule has 5 nitrogen and oxygen atoms in total. The number of phenols is 1. The third-order valence-corrected chi connectivity index (χ3v) is 3.05. The Morgan fingerprint density at radius 2 is 1.77 bits per heavy atom. The predicted molar refractivity (Wildman–Crippen MR) is 83.5 cm³/mol. The molecular weight excluding hydrogens is 278 g/mol. The molecule has 1 amide bonds. The second-order valence-electron chi connectivity index (χ2n) is 4.65. The van der Waals surface area contributed by atoms with Crippen LogP contribution >= 0.6 is 0 Å². The van der Waals surface area contributed by atoms with E-state index in [1.807, 2.05) is 18.2 Å². The molecule has 1 aromatic carbocycles. The van der Waals surface area contributed by atoms with Crippen LogP contribution in [0.5, 0.6) is 5.75 Å². The van der Waals surface area contributed by atoms with Gasteiger partial charge in [0.25, 0.3) is 5.91 Å². The average molecular weight is 291 g/mol. The van der Waals surface area contributed by atoms with Crippen molar-refractivity contribution in [2.24, 2.45) is 0 Å². The molecule has 0 saturated heterocycles. The molecule has 5 heteroatoms. The van der Waals surface area contributed by atoms with Crippen molar-refractivity contribution >= 4 is 11.6 Å². The Hall–Kier alpha value is -3.21. The monoisotopic (exact) mass is 291 g/mol. The van der Waals surface area contributed by atoms with Gasteiger partial charge in [-0.25, -0.2) is 0 Å². The molecule has 2 aromatic heterocycles. The van der Waals surface area contributed by atoms with Gasteiger partial charge in [-0.2, -0.15) is 0 Å². The highest BCUT2D eigenvalue weighted by Gasteiger charge is 2.09. The number of carbonyl (C=O) groups is 1. The van der Waals surface area contributed by atoms with Gasteiger partial charge in [-0.15, -0.1) is 0 Å². The summed E-state index contributed by atoms with van der Waals surface area (Å²) >= 11 is 0. The summed E-state index contributed by atoms with van der Waals surface area (Å²) in [7, 11) is 0. The molecule has 0 spiro atoms. The van der Waals surface area contributed by atoms with E-state index in [4.69, 9.17) is 0 Å². The van der Waals surface area contributed by atoms with Crippen molar-refractivity contribution in [2.45, 2.75) is 0 Å². The Morgan fingerprint density at radius 1 is 0.909 bits per heavy atom. The Kier molecular flexibility index (Phi) is 3.78. The van der Waals surface area contributed by atoms with E-state index in [2.05, 4.69) is 15.3 Å². The number of nitrogens with zero attached hydrogens (tertiary/aromatic N) is 2. The van der Waals surface area contributed by atoms with Gasteiger partial charge in [-0.05, 0) is 36.4 Å². The summed E-state index contributed by atoms with van der Waals surface area (Å²) in [4.78, 5) is 20.7. The Morgan fingerprint density at radius 3 is 2.55 bits per heavy atom. The minimum absolute atomic E-state index is 0.0988. The third kappa shape index (κ3) is 3.09. The van der Waals surface area contributed by atoms with Gasteiger partial charge >= 0.3 is 0 Å². The SMILES string of the molecule is O=C(Nc1cccc(O)c1)c1ccnc(-c2ccccn2)c1. The molecule has 0 radical (unpaired) electrons. The van der Waals surface area contributed by atoms with Crippen LogP contribution in [0.25, 0.3) is 11.4 Å². The summed E-state index contributed by atoms with van der Waals surface area (Å²) < 4.78 is 0. The summed E-state index contributed by atoms with van der Waals surface area (Å²) in [6.45, 7) is 0. The van der Waals surface area contributed by atoms with Gasteiger partial charge < -0.3 is 10.4 Å². The summed E-state index contributed by atoms with van der Waals surface area (Å²) in [5.41, 5.74) is 2.33. The van der Waals surface area contributed by atoms with E-state index in [0.717, 1.165) is 0 Å². The molecular formula is C17H13N3O2. The minimum atomic E-state index is -0.273. The topological polar surface area (TPSA) is 75.1 Å². The zero-order chi connectivity index (χ0) is 15.4. The number of hydrogen-bond acceptors (Lipinski definition) is 4. The fraction of sp³-hybridized carbons (Fsp3) is 0. The molecule has 0 aliphatic carbocycles. The molecule has 0 unspecified atom stereocenters. The maximum Gasteiger partial charge on any atom is 0.255 e. The number of phenolic OH excluding ortho intramolecular Hbond substituents is 1. The second kappa shape index (κ2) is 6.05. The number of rotatable bonds is 3. The standard InChI is InChI=1S/C17H13N3O2/c21-14-5-3-4-13(11-14)20-17(22)12-7-9-19-16(10-12)15-6-1-2-8-18-15/h1-11,21H,(H,20,22). The van der Waals surface area contributed by atoms with Gasteiger partial charge in [0.1, 0.15) is 5.75 Å². The van der Waals surface area contributed by atoms with Crippen LogP contribution in [-0.4, -0.2) is 21.0 Å². The first-order valence-electron chi connectivity index (χ1n) is 6.70. The zero-order valence-electron chi connectivity index (χ0n) is 11.6. The van der Waals surface area contributed by atoms with E-state index in [1.165, 1.54) is 6.07 Å². The molecule has 0 aliphatic rings. The lowest BCUT2D eigenvalue weighted by atomic mass is 10.1. The van der Waals surface area contributed by atoms with Crippen LogP contribution in [0.15, 0.2) is 67.0 Å². The van der Waals surface area contributed by atoms with E-state index in [0.29, 0.717) is 22.6 Å². The summed E-state index contributed by atoms with van der Waals surface area (Å²) in [6, 6.07) is 15.2. The van der Waals surface area contributed by atoms with E-state index >= 15 is 0 Å². The van der Waals surface area contributed by atoms with Crippen LogP contribution in [0.2, 0.25) is 0 Å². The predicted octanol–water partition coefficient (Wildman–Crippen LogP) is 3.10. The number of anilines is 1. The van der Waals surface area contributed by atoms with E-state index in [9.17, 15) is 9.90 Å². The van der Waals surface area contributed by atoms with Gasteiger partial charge in [0.2, 0.25) is 0 Å². The smallest absolute Gasteiger partial charge is 0.255 e. The molecule has 2 heterocycles. The third-order valence-electron chi connectivity index (χ3n) is 3.05. The quantitative estimate of drug-likeness (QED) is 0.777. The number of aromatic hydroxyl groups is 1. The van der Waals surface area contributed by atoms with E-state index in [1.54, 1.807) is 42.7 Å². The number of carbonyl (C=O) groups excluding carboxylic acids is 1. The van der Waals surface area contributed by atoms with Crippen molar-refractivity contribution in [3.05, 3.63) is 72.6 Å². The summed E-state index contributed by atoms with van der Waals surface area (Å²) in [6.07, 6.45) is 3.25. The summed E-state index contributed by atoms with van der Waals surface area (Å²) in [5.74, 6) is -0.174. The molecule has 3 rings (SSSR count). The number of amides is 1. The first kappa shape index (κ1) is 13.8. The fourth-order valence-electron chi connectivity index (χ4n) is 2.01. The minimum Gasteiger partial charge on any atom is -0.508 e. The van der Waals surface area contributed by atoms with Crippen molar-refractivity contribution in [2.75, 3.05) is 5.32 Å². The molecule has 0 atom stereocenters. The number of aromatic nitrogens is 2. The van der Waals surface area contributed by atoms with Crippen molar-refractivity contribution in [3.8, 4) is 17.1 Å². The Labute approximate surface area is 127 Å². The highest BCUT2D eigenvalue weighted by molar-refractivity contribution is 6.04. The van der Waals surface area contributed by atoms with Crippen LogP contribution in [-0.2, 0) is 0 Å². The van der Waals surface area contributed by atoms with Crippen molar-refractivity contribution in [1.29, 1.82) is 0 Å². The Balaban J connectivity index is 1.84.